The number of nitrogens with one attached hydrogen (secondary N) is 1. The zero-order valence-corrected chi connectivity index (χ0v) is 8.28. The average Bonchev–Trinajstić information content (AvgIpc) is 2.00. The average molecular weight is 208 g/mol. The van der Waals surface area contributed by atoms with Crippen LogP contribution in [-0.4, -0.2) is 29.4 Å². The summed E-state index contributed by atoms with van der Waals surface area (Å²) < 4.78 is 0. The van der Waals surface area contributed by atoms with Gasteiger partial charge in [-0.3, -0.25) is 9.59 Å². The molecule has 4 nitrogen and oxygen atoms in total. The monoisotopic (exact) mass is 208 g/mol. The topological polar surface area (TPSA) is 72.2 Å². The molecule has 0 rings (SSSR count). The molecule has 1 unspecified atom stereocenters. The predicted octanol–water partition coefficient (Wildman–Crippen LogP) is -0.794. The second kappa shape index (κ2) is 6.19. The molecule has 12 heavy (non-hydrogen) atoms. The molecular weight excluding hydrogens is 196 g/mol. The fourth-order valence-electron chi connectivity index (χ4n) is 0.544. The first-order valence-electron chi connectivity index (χ1n) is 3.43. The number of rotatable bonds is 5. The number of hydrogen-bond donors (Lipinski definition) is 4. The Labute approximate surface area is 82.1 Å². The summed E-state index contributed by atoms with van der Waals surface area (Å²) in [4.78, 5) is 21.4. The molecule has 0 aliphatic heterocycles. The molecule has 0 aromatic rings. The SMILES string of the molecule is NC(=O)C(S)CC(=O)NCCS. The van der Waals surface area contributed by atoms with Crippen molar-refractivity contribution >= 4 is 37.1 Å². The quantitative estimate of drug-likeness (QED) is 0.447. The molecular formula is C6H12N2O2S2. The van der Waals surface area contributed by atoms with Crippen LogP contribution in [-0.2, 0) is 9.59 Å². The lowest BCUT2D eigenvalue weighted by Gasteiger charge is -2.05. The Hall–Kier alpha value is -0.360. The Kier molecular flexibility index (Phi) is 6.00. The molecule has 2 amide bonds. The third-order valence-electron chi connectivity index (χ3n) is 1.14. The van der Waals surface area contributed by atoms with Gasteiger partial charge in [-0.25, -0.2) is 0 Å². The van der Waals surface area contributed by atoms with Crippen LogP contribution < -0.4 is 11.1 Å². The van der Waals surface area contributed by atoms with E-state index in [0.717, 1.165) is 0 Å². The van der Waals surface area contributed by atoms with Crippen molar-refractivity contribution in [2.45, 2.75) is 11.7 Å². The highest BCUT2D eigenvalue weighted by Crippen LogP contribution is 1.99. The standard InChI is InChI=1S/C6H12N2O2S2/c7-6(10)4(12)3-5(9)8-1-2-11/h4,11-12H,1-3H2,(H2,7,10)(H,8,9). The largest absolute Gasteiger partial charge is 0.369 e. The highest BCUT2D eigenvalue weighted by atomic mass is 32.1. The van der Waals surface area contributed by atoms with Gasteiger partial charge in [0.05, 0.1) is 5.25 Å². The van der Waals surface area contributed by atoms with E-state index >= 15 is 0 Å². The van der Waals surface area contributed by atoms with Gasteiger partial charge in [0.1, 0.15) is 0 Å². The first-order valence-corrected chi connectivity index (χ1v) is 4.57. The van der Waals surface area contributed by atoms with Crippen LogP contribution in [0.2, 0.25) is 0 Å². The van der Waals surface area contributed by atoms with Gasteiger partial charge in [-0.2, -0.15) is 25.3 Å². The maximum atomic E-state index is 10.9. The molecule has 0 spiro atoms. The second-order valence-corrected chi connectivity index (χ2v) is 3.27. The van der Waals surface area contributed by atoms with Crippen LogP contribution in [0.4, 0.5) is 0 Å². The molecule has 70 valence electrons. The molecule has 0 aromatic heterocycles. The second-order valence-electron chi connectivity index (χ2n) is 2.20. The Balaban J connectivity index is 3.61. The van der Waals surface area contributed by atoms with Gasteiger partial charge in [-0.05, 0) is 0 Å². The summed E-state index contributed by atoms with van der Waals surface area (Å²) in [5.41, 5.74) is 4.90. The van der Waals surface area contributed by atoms with E-state index in [0.29, 0.717) is 12.3 Å². The molecule has 0 fully saturated rings. The van der Waals surface area contributed by atoms with Gasteiger partial charge in [0, 0.05) is 18.7 Å². The fourth-order valence-corrected chi connectivity index (χ4v) is 0.821. The van der Waals surface area contributed by atoms with E-state index in [2.05, 4.69) is 30.6 Å². The summed E-state index contributed by atoms with van der Waals surface area (Å²) in [5.74, 6) is -0.248. The van der Waals surface area contributed by atoms with E-state index in [1.807, 2.05) is 0 Å². The van der Waals surface area contributed by atoms with Crippen LogP contribution in [0.15, 0.2) is 0 Å². The van der Waals surface area contributed by atoms with Crippen LogP contribution in [0.5, 0.6) is 0 Å². The van der Waals surface area contributed by atoms with Crippen molar-refractivity contribution in [1.29, 1.82) is 0 Å². The number of carbonyl (C=O) groups excluding carboxylic acids is 2. The maximum Gasteiger partial charge on any atom is 0.230 e. The zero-order chi connectivity index (χ0) is 9.56. The predicted molar refractivity (Wildman–Crippen MR) is 53.4 cm³/mol. The highest BCUT2D eigenvalue weighted by molar-refractivity contribution is 7.81. The van der Waals surface area contributed by atoms with E-state index in [1.54, 1.807) is 0 Å². The van der Waals surface area contributed by atoms with Gasteiger partial charge in [0.15, 0.2) is 0 Å². The first-order chi connectivity index (χ1) is 5.57. The number of primary amides is 1. The summed E-state index contributed by atoms with van der Waals surface area (Å²) in [6.45, 7) is 0.487. The first kappa shape index (κ1) is 11.6. The van der Waals surface area contributed by atoms with Crippen molar-refractivity contribution < 1.29 is 9.59 Å². The molecule has 0 aliphatic carbocycles. The number of nitrogens with two attached hydrogens (primary N) is 1. The Morgan fingerprint density at radius 2 is 2.08 bits per heavy atom. The number of carbonyl (C=O) groups is 2. The van der Waals surface area contributed by atoms with Crippen molar-refractivity contribution in [3.8, 4) is 0 Å². The third-order valence-corrected chi connectivity index (χ3v) is 1.80. The summed E-state index contributed by atoms with van der Waals surface area (Å²) >= 11 is 7.73. The van der Waals surface area contributed by atoms with Crippen molar-refractivity contribution in [1.82, 2.24) is 5.32 Å². The molecule has 0 saturated heterocycles. The van der Waals surface area contributed by atoms with Gasteiger partial charge >= 0.3 is 0 Å². The molecule has 0 aliphatic rings. The van der Waals surface area contributed by atoms with Gasteiger partial charge in [-0.15, -0.1) is 0 Å². The zero-order valence-electron chi connectivity index (χ0n) is 6.49. The fraction of sp³-hybridized carbons (Fsp3) is 0.667. The van der Waals surface area contributed by atoms with Gasteiger partial charge in [0.2, 0.25) is 11.8 Å². The van der Waals surface area contributed by atoms with Crippen molar-refractivity contribution in [3.05, 3.63) is 0 Å². The molecule has 1 atom stereocenters. The summed E-state index contributed by atoms with van der Waals surface area (Å²) in [7, 11) is 0. The molecule has 3 N–H and O–H groups in total. The molecule has 0 heterocycles. The Morgan fingerprint density at radius 3 is 2.50 bits per heavy atom. The number of thiol groups is 2. The van der Waals surface area contributed by atoms with Gasteiger partial charge < -0.3 is 11.1 Å². The van der Waals surface area contributed by atoms with Crippen molar-refractivity contribution in [2.24, 2.45) is 5.73 Å². The van der Waals surface area contributed by atoms with Gasteiger partial charge in [0.25, 0.3) is 0 Å². The van der Waals surface area contributed by atoms with E-state index in [9.17, 15) is 9.59 Å². The van der Waals surface area contributed by atoms with E-state index in [1.165, 1.54) is 0 Å². The minimum Gasteiger partial charge on any atom is -0.369 e. The van der Waals surface area contributed by atoms with Crippen LogP contribution in [0, 0.1) is 0 Å². The van der Waals surface area contributed by atoms with Crippen LogP contribution in [0.1, 0.15) is 6.42 Å². The molecule has 6 heteroatoms. The maximum absolute atomic E-state index is 10.9. The highest BCUT2D eigenvalue weighted by Gasteiger charge is 2.13. The molecule has 0 aromatic carbocycles. The van der Waals surface area contributed by atoms with E-state index in [-0.39, 0.29) is 12.3 Å². The smallest absolute Gasteiger partial charge is 0.230 e. The van der Waals surface area contributed by atoms with E-state index < -0.39 is 11.2 Å². The molecule has 0 radical (unpaired) electrons. The van der Waals surface area contributed by atoms with Gasteiger partial charge in [-0.1, -0.05) is 0 Å². The summed E-state index contributed by atoms with van der Waals surface area (Å²) in [6, 6.07) is 0. The lowest BCUT2D eigenvalue weighted by atomic mass is 10.3. The number of hydrogen-bond acceptors (Lipinski definition) is 4. The van der Waals surface area contributed by atoms with Crippen LogP contribution in [0.25, 0.3) is 0 Å². The Bertz CT molecular complexity index is 175. The number of amides is 2. The van der Waals surface area contributed by atoms with Crippen LogP contribution in [0.3, 0.4) is 0 Å². The van der Waals surface area contributed by atoms with Crippen molar-refractivity contribution in [3.63, 3.8) is 0 Å². The summed E-state index contributed by atoms with van der Waals surface area (Å²) in [6.07, 6.45) is 0.0201. The Morgan fingerprint density at radius 1 is 1.50 bits per heavy atom. The lowest BCUT2D eigenvalue weighted by molar-refractivity contribution is -0.124. The van der Waals surface area contributed by atoms with E-state index in [4.69, 9.17) is 5.73 Å². The lowest BCUT2D eigenvalue weighted by Crippen LogP contribution is -2.32. The summed E-state index contributed by atoms with van der Waals surface area (Å²) in [5, 5.41) is 1.84. The third kappa shape index (κ3) is 5.31. The minimum atomic E-state index is -0.704. The normalized spacial score (nSPS) is 12.2. The molecule has 0 saturated carbocycles. The molecule has 0 bridgehead atoms. The van der Waals surface area contributed by atoms with Crippen LogP contribution >= 0.6 is 25.3 Å². The van der Waals surface area contributed by atoms with Crippen molar-refractivity contribution in [2.75, 3.05) is 12.3 Å². The minimum absolute atomic E-state index is 0.0201.